The molecule has 0 aromatic rings. The van der Waals surface area contributed by atoms with E-state index in [9.17, 15) is 0 Å². The lowest BCUT2D eigenvalue weighted by Gasteiger charge is -2.31. The molecule has 0 aromatic carbocycles. The molecular weight excluding hydrogens is 184 g/mol. The van der Waals surface area contributed by atoms with Gasteiger partial charge in [-0.2, -0.15) is 0 Å². The third-order valence-corrected chi connectivity index (χ3v) is 3.51. The van der Waals surface area contributed by atoms with Gasteiger partial charge in [-0.15, -0.1) is 0 Å². The van der Waals surface area contributed by atoms with Gasteiger partial charge >= 0.3 is 0 Å². The number of nitrogens with one attached hydrogen (secondary N) is 1. The summed E-state index contributed by atoms with van der Waals surface area (Å²) in [4.78, 5) is 2.55. The molecule has 0 bridgehead atoms. The number of likely N-dealkylation sites (N-methyl/N-ethyl adjacent to an activating group) is 1. The summed E-state index contributed by atoms with van der Waals surface area (Å²) in [5.41, 5.74) is 0. The van der Waals surface area contributed by atoms with Crippen LogP contribution in [0.15, 0.2) is 0 Å². The first-order chi connectivity index (χ1) is 7.34. The molecule has 1 heterocycles. The van der Waals surface area contributed by atoms with E-state index in [1.807, 2.05) is 0 Å². The Bertz CT molecular complexity index is 141. The van der Waals surface area contributed by atoms with Gasteiger partial charge in [0.05, 0.1) is 0 Å². The highest BCUT2D eigenvalue weighted by atomic mass is 15.1. The van der Waals surface area contributed by atoms with Crippen molar-refractivity contribution in [3.63, 3.8) is 0 Å². The van der Waals surface area contributed by atoms with E-state index < -0.39 is 0 Å². The van der Waals surface area contributed by atoms with Crippen LogP contribution in [-0.4, -0.2) is 37.6 Å². The summed E-state index contributed by atoms with van der Waals surface area (Å²) in [6.07, 6.45) is 9.72. The molecule has 0 amide bonds. The summed E-state index contributed by atoms with van der Waals surface area (Å²) in [7, 11) is 2.29. The van der Waals surface area contributed by atoms with E-state index in [0.29, 0.717) is 0 Å². The molecule has 1 fully saturated rings. The van der Waals surface area contributed by atoms with Crippen LogP contribution in [0.2, 0.25) is 0 Å². The molecule has 1 unspecified atom stereocenters. The standard InChI is InChI=1S/C13H28N2/c1-3-4-5-6-7-11-15(2)13-9-8-10-14-12-13/h13-14H,3-12H2,1-2H3. The number of hydrogen-bond donors (Lipinski definition) is 1. The highest BCUT2D eigenvalue weighted by molar-refractivity contribution is 4.76. The summed E-state index contributed by atoms with van der Waals surface area (Å²) in [5, 5.41) is 3.48. The van der Waals surface area contributed by atoms with Gasteiger partial charge in [0.15, 0.2) is 0 Å². The zero-order valence-electron chi connectivity index (χ0n) is 10.6. The fourth-order valence-corrected chi connectivity index (χ4v) is 2.36. The molecule has 90 valence electrons. The molecule has 0 aliphatic carbocycles. The van der Waals surface area contributed by atoms with Crippen LogP contribution >= 0.6 is 0 Å². The second-order valence-corrected chi connectivity index (χ2v) is 4.89. The molecule has 15 heavy (non-hydrogen) atoms. The van der Waals surface area contributed by atoms with Crippen molar-refractivity contribution in [2.75, 3.05) is 26.7 Å². The molecule has 2 heteroatoms. The fourth-order valence-electron chi connectivity index (χ4n) is 2.36. The number of unbranched alkanes of at least 4 members (excludes halogenated alkanes) is 4. The van der Waals surface area contributed by atoms with Crippen LogP contribution in [0.4, 0.5) is 0 Å². The van der Waals surface area contributed by atoms with E-state index in [2.05, 4.69) is 24.2 Å². The molecule has 2 nitrogen and oxygen atoms in total. The second kappa shape index (κ2) is 8.12. The Kier molecular flexibility index (Phi) is 7.03. The van der Waals surface area contributed by atoms with E-state index in [0.717, 1.165) is 6.04 Å². The van der Waals surface area contributed by atoms with Crippen molar-refractivity contribution in [2.24, 2.45) is 0 Å². The molecule has 0 spiro atoms. The van der Waals surface area contributed by atoms with Crippen LogP contribution in [0.25, 0.3) is 0 Å². The maximum Gasteiger partial charge on any atom is 0.0218 e. The molecule has 1 rings (SSSR count). The van der Waals surface area contributed by atoms with Crippen molar-refractivity contribution < 1.29 is 0 Å². The first kappa shape index (κ1) is 13.0. The zero-order chi connectivity index (χ0) is 10.9. The quantitative estimate of drug-likeness (QED) is 0.653. The van der Waals surface area contributed by atoms with Crippen molar-refractivity contribution in [1.29, 1.82) is 0 Å². The van der Waals surface area contributed by atoms with E-state index >= 15 is 0 Å². The molecule has 0 aromatic heterocycles. The lowest BCUT2D eigenvalue weighted by atomic mass is 10.1. The lowest BCUT2D eigenvalue weighted by Crippen LogP contribution is -2.44. The first-order valence-corrected chi connectivity index (χ1v) is 6.75. The third-order valence-electron chi connectivity index (χ3n) is 3.51. The third kappa shape index (κ3) is 5.53. The van der Waals surface area contributed by atoms with E-state index in [1.54, 1.807) is 0 Å². The zero-order valence-corrected chi connectivity index (χ0v) is 10.6. The van der Waals surface area contributed by atoms with Crippen LogP contribution in [0.5, 0.6) is 0 Å². The van der Waals surface area contributed by atoms with Crippen LogP contribution in [0.1, 0.15) is 51.9 Å². The fraction of sp³-hybridized carbons (Fsp3) is 1.00. The Morgan fingerprint density at radius 1 is 1.20 bits per heavy atom. The predicted octanol–water partition coefficient (Wildman–Crippen LogP) is 2.64. The molecule has 1 aliphatic rings. The predicted molar refractivity (Wildman–Crippen MR) is 67.3 cm³/mol. The highest BCUT2D eigenvalue weighted by Crippen LogP contribution is 2.10. The van der Waals surface area contributed by atoms with Gasteiger partial charge in [0.2, 0.25) is 0 Å². The number of rotatable bonds is 7. The van der Waals surface area contributed by atoms with Gasteiger partial charge in [0.25, 0.3) is 0 Å². The van der Waals surface area contributed by atoms with Gasteiger partial charge < -0.3 is 10.2 Å². The average Bonchev–Trinajstić information content (AvgIpc) is 2.30. The van der Waals surface area contributed by atoms with Crippen molar-refractivity contribution in [1.82, 2.24) is 10.2 Å². The smallest absolute Gasteiger partial charge is 0.0218 e. The minimum Gasteiger partial charge on any atom is -0.315 e. The van der Waals surface area contributed by atoms with Crippen LogP contribution in [0, 0.1) is 0 Å². The Labute approximate surface area is 95.4 Å². The van der Waals surface area contributed by atoms with Crippen molar-refractivity contribution >= 4 is 0 Å². The topological polar surface area (TPSA) is 15.3 Å². The van der Waals surface area contributed by atoms with E-state index in [-0.39, 0.29) is 0 Å². The summed E-state index contributed by atoms with van der Waals surface area (Å²) in [5.74, 6) is 0. The monoisotopic (exact) mass is 212 g/mol. The van der Waals surface area contributed by atoms with E-state index in [4.69, 9.17) is 0 Å². The molecule has 1 N–H and O–H groups in total. The number of piperidine rings is 1. The minimum atomic E-state index is 0.796. The Hall–Kier alpha value is -0.0800. The highest BCUT2D eigenvalue weighted by Gasteiger charge is 2.16. The van der Waals surface area contributed by atoms with Gasteiger partial charge in [0, 0.05) is 12.6 Å². The largest absolute Gasteiger partial charge is 0.315 e. The van der Waals surface area contributed by atoms with Crippen LogP contribution in [0.3, 0.4) is 0 Å². The van der Waals surface area contributed by atoms with Gasteiger partial charge in [-0.3, -0.25) is 0 Å². The summed E-state index contributed by atoms with van der Waals surface area (Å²) >= 11 is 0. The normalized spacial score (nSPS) is 22.2. The Morgan fingerprint density at radius 2 is 2.00 bits per heavy atom. The van der Waals surface area contributed by atoms with Gasteiger partial charge in [-0.1, -0.05) is 32.6 Å². The molecule has 0 radical (unpaired) electrons. The second-order valence-electron chi connectivity index (χ2n) is 4.89. The van der Waals surface area contributed by atoms with Gasteiger partial charge in [-0.05, 0) is 39.4 Å². The first-order valence-electron chi connectivity index (χ1n) is 6.75. The number of hydrogen-bond acceptors (Lipinski definition) is 2. The minimum absolute atomic E-state index is 0.796. The molecule has 1 atom stereocenters. The van der Waals surface area contributed by atoms with Gasteiger partial charge in [0.1, 0.15) is 0 Å². The maximum atomic E-state index is 3.48. The van der Waals surface area contributed by atoms with E-state index in [1.165, 1.54) is 64.6 Å². The SMILES string of the molecule is CCCCCCCN(C)C1CCCNC1. The molecule has 1 saturated heterocycles. The summed E-state index contributed by atoms with van der Waals surface area (Å²) in [6.45, 7) is 5.99. The van der Waals surface area contributed by atoms with Crippen LogP contribution in [-0.2, 0) is 0 Å². The number of nitrogens with zero attached hydrogens (tertiary/aromatic N) is 1. The van der Waals surface area contributed by atoms with Crippen molar-refractivity contribution in [2.45, 2.75) is 57.9 Å². The van der Waals surface area contributed by atoms with Crippen LogP contribution < -0.4 is 5.32 Å². The van der Waals surface area contributed by atoms with Crippen molar-refractivity contribution in [3.05, 3.63) is 0 Å². The average molecular weight is 212 g/mol. The molecule has 1 aliphatic heterocycles. The Morgan fingerprint density at radius 3 is 2.67 bits per heavy atom. The summed E-state index contributed by atoms with van der Waals surface area (Å²) < 4.78 is 0. The molecular formula is C13H28N2. The maximum absolute atomic E-state index is 3.48. The summed E-state index contributed by atoms with van der Waals surface area (Å²) in [6, 6.07) is 0.796. The van der Waals surface area contributed by atoms with Crippen molar-refractivity contribution in [3.8, 4) is 0 Å². The Balaban J connectivity index is 1.99. The molecule has 0 saturated carbocycles. The lowest BCUT2D eigenvalue weighted by molar-refractivity contribution is 0.199. The van der Waals surface area contributed by atoms with Gasteiger partial charge in [-0.25, -0.2) is 0 Å².